The van der Waals surface area contributed by atoms with Crippen molar-refractivity contribution in [1.29, 1.82) is 0 Å². The number of benzene rings is 2. The fraction of sp³-hybridized carbons (Fsp3) is 0.200. The van der Waals surface area contributed by atoms with Gasteiger partial charge in [-0.3, -0.25) is 4.79 Å². The van der Waals surface area contributed by atoms with Crippen molar-refractivity contribution < 1.29 is 13.9 Å². The lowest BCUT2D eigenvalue weighted by atomic mass is 10.1. The number of hydrogen-bond acceptors (Lipinski definition) is 4. The monoisotopic (exact) mass is 370 g/mol. The molecule has 134 valence electrons. The standard InChI is InChI=1S/C20H19FN2O2S/c1-14-13-26-19(23-14)12-25-18-8-4-16(5-9-18)20(24)22-11-10-15-2-6-17(21)7-3-15/h2-9,13H,10-12H2,1H3,(H,22,24). The highest BCUT2D eigenvalue weighted by Crippen LogP contribution is 2.16. The maximum absolute atomic E-state index is 12.9. The molecular weight excluding hydrogens is 351 g/mol. The molecule has 0 atom stereocenters. The van der Waals surface area contributed by atoms with Gasteiger partial charge in [-0.25, -0.2) is 9.37 Å². The molecule has 3 rings (SSSR count). The van der Waals surface area contributed by atoms with Crippen LogP contribution in [0.25, 0.3) is 0 Å². The van der Waals surface area contributed by atoms with E-state index < -0.39 is 0 Å². The topological polar surface area (TPSA) is 51.2 Å². The molecule has 0 saturated carbocycles. The minimum Gasteiger partial charge on any atom is -0.486 e. The second kappa shape index (κ2) is 8.58. The molecule has 1 heterocycles. The van der Waals surface area contributed by atoms with Crippen LogP contribution in [-0.4, -0.2) is 17.4 Å². The van der Waals surface area contributed by atoms with E-state index in [4.69, 9.17) is 4.74 Å². The Bertz CT molecular complexity index is 860. The van der Waals surface area contributed by atoms with Crippen LogP contribution in [0.2, 0.25) is 0 Å². The summed E-state index contributed by atoms with van der Waals surface area (Å²) < 4.78 is 18.5. The maximum atomic E-state index is 12.9. The van der Waals surface area contributed by atoms with Crippen LogP contribution >= 0.6 is 11.3 Å². The number of nitrogens with one attached hydrogen (secondary N) is 1. The highest BCUT2D eigenvalue weighted by Gasteiger charge is 2.06. The molecule has 26 heavy (non-hydrogen) atoms. The van der Waals surface area contributed by atoms with Gasteiger partial charge in [0.05, 0.1) is 0 Å². The second-order valence-corrected chi connectivity index (χ2v) is 6.77. The zero-order valence-corrected chi connectivity index (χ0v) is 15.2. The molecule has 4 nitrogen and oxygen atoms in total. The van der Waals surface area contributed by atoms with Crippen molar-refractivity contribution in [1.82, 2.24) is 10.3 Å². The number of carbonyl (C=O) groups excluding carboxylic acids is 1. The molecule has 0 spiro atoms. The number of rotatable bonds is 7. The molecule has 3 aromatic rings. The number of aromatic nitrogens is 1. The van der Waals surface area contributed by atoms with E-state index in [9.17, 15) is 9.18 Å². The fourth-order valence-corrected chi connectivity index (χ4v) is 3.07. The average Bonchev–Trinajstić information content (AvgIpc) is 3.07. The SMILES string of the molecule is Cc1csc(COc2ccc(C(=O)NCCc3ccc(F)cc3)cc2)n1. The van der Waals surface area contributed by atoms with Gasteiger partial charge in [0.1, 0.15) is 23.2 Å². The van der Waals surface area contributed by atoms with Crippen molar-refractivity contribution in [2.24, 2.45) is 0 Å². The van der Waals surface area contributed by atoms with Crippen LogP contribution in [-0.2, 0) is 13.0 Å². The molecule has 0 aliphatic rings. The zero-order valence-electron chi connectivity index (χ0n) is 14.4. The van der Waals surface area contributed by atoms with Gasteiger partial charge in [-0.15, -0.1) is 11.3 Å². The van der Waals surface area contributed by atoms with E-state index >= 15 is 0 Å². The first kappa shape index (κ1) is 18.1. The summed E-state index contributed by atoms with van der Waals surface area (Å²) in [6.45, 7) is 2.86. The van der Waals surface area contributed by atoms with Gasteiger partial charge >= 0.3 is 0 Å². The van der Waals surface area contributed by atoms with Crippen LogP contribution in [0.1, 0.15) is 26.6 Å². The van der Waals surface area contributed by atoms with E-state index in [0.29, 0.717) is 30.9 Å². The smallest absolute Gasteiger partial charge is 0.251 e. The molecule has 0 aliphatic carbocycles. The van der Waals surface area contributed by atoms with Gasteiger partial charge in [-0.1, -0.05) is 12.1 Å². The Labute approximate surface area is 155 Å². The summed E-state index contributed by atoms with van der Waals surface area (Å²) in [7, 11) is 0. The molecule has 0 radical (unpaired) electrons. The predicted octanol–water partition coefficient (Wildman–Crippen LogP) is 4.14. The molecule has 1 aromatic heterocycles. The summed E-state index contributed by atoms with van der Waals surface area (Å²) in [5.74, 6) is 0.292. The van der Waals surface area contributed by atoms with Crippen LogP contribution < -0.4 is 10.1 Å². The van der Waals surface area contributed by atoms with Crippen molar-refractivity contribution in [2.45, 2.75) is 20.0 Å². The van der Waals surface area contributed by atoms with Crippen molar-refractivity contribution in [2.75, 3.05) is 6.54 Å². The summed E-state index contributed by atoms with van der Waals surface area (Å²) in [4.78, 5) is 16.5. The Kier molecular flexibility index (Phi) is 5.96. The predicted molar refractivity (Wildman–Crippen MR) is 100 cm³/mol. The van der Waals surface area contributed by atoms with Crippen LogP contribution in [0, 0.1) is 12.7 Å². The number of amides is 1. The number of ether oxygens (including phenoxy) is 1. The molecule has 0 bridgehead atoms. The maximum Gasteiger partial charge on any atom is 0.251 e. The number of hydrogen-bond donors (Lipinski definition) is 1. The Morgan fingerprint density at radius 3 is 2.54 bits per heavy atom. The first-order valence-corrected chi connectivity index (χ1v) is 9.14. The number of aryl methyl sites for hydroxylation is 1. The molecule has 1 N–H and O–H groups in total. The third kappa shape index (κ3) is 5.13. The minimum atomic E-state index is -0.259. The van der Waals surface area contributed by atoms with E-state index in [0.717, 1.165) is 16.3 Å². The third-order valence-electron chi connectivity index (χ3n) is 3.76. The van der Waals surface area contributed by atoms with E-state index in [1.807, 2.05) is 12.3 Å². The lowest BCUT2D eigenvalue weighted by molar-refractivity contribution is 0.0954. The van der Waals surface area contributed by atoms with E-state index in [-0.39, 0.29) is 11.7 Å². The van der Waals surface area contributed by atoms with E-state index in [2.05, 4.69) is 10.3 Å². The number of carbonyl (C=O) groups is 1. The van der Waals surface area contributed by atoms with Gasteiger partial charge in [-0.2, -0.15) is 0 Å². The fourth-order valence-electron chi connectivity index (χ4n) is 2.39. The molecule has 0 saturated heterocycles. The first-order chi connectivity index (χ1) is 12.6. The molecule has 0 aliphatic heterocycles. The van der Waals surface area contributed by atoms with Crippen LogP contribution in [0.3, 0.4) is 0 Å². The first-order valence-electron chi connectivity index (χ1n) is 8.27. The number of halogens is 1. The molecule has 1 amide bonds. The van der Waals surface area contributed by atoms with Crippen LogP contribution in [0.15, 0.2) is 53.9 Å². The molecule has 0 fully saturated rings. The molecule has 6 heteroatoms. The van der Waals surface area contributed by atoms with Crippen molar-refractivity contribution in [3.8, 4) is 5.75 Å². The largest absolute Gasteiger partial charge is 0.486 e. The summed E-state index contributed by atoms with van der Waals surface area (Å²) in [6.07, 6.45) is 0.653. The summed E-state index contributed by atoms with van der Waals surface area (Å²) in [6, 6.07) is 13.3. The highest BCUT2D eigenvalue weighted by molar-refractivity contribution is 7.09. The van der Waals surface area contributed by atoms with Gasteiger partial charge in [0.2, 0.25) is 0 Å². The highest BCUT2D eigenvalue weighted by atomic mass is 32.1. The van der Waals surface area contributed by atoms with E-state index in [1.54, 1.807) is 47.7 Å². The van der Waals surface area contributed by atoms with Gasteiger partial charge in [-0.05, 0) is 55.3 Å². The summed E-state index contributed by atoms with van der Waals surface area (Å²) in [5.41, 5.74) is 2.54. The quantitative estimate of drug-likeness (QED) is 0.680. The summed E-state index contributed by atoms with van der Waals surface area (Å²) in [5, 5.41) is 5.77. The molecule has 0 unspecified atom stereocenters. The summed E-state index contributed by atoms with van der Waals surface area (Å²) >= 11 is 1.56. The number of thiazole rings is 1. The Morgan fingerprint density at radius 2 is 1.88 bits per heavy atom. The Balaban J connectivity index is 1.46. The van der Waals surface area contributed by atoms with Gasteiger partial charge < -0.3 is 10.1 Å². The average molecular weight is 370 g/mol. The zero-order chi connectivity index (χ0) is 18.4. The third-order valence-corrected chi connectivity index (χ3v) is 4.70. The molecular formula is C20H19FN2O2S. The minimum absolute atomic E-state index is 0.144. The van der Waals surface area contributed by atoms with Gasteiger partial charge in [0.25, 0.3) is 5.91 Å². The van der Waals surface area contributed by atoms with Gasteiger partial charge in [0.15, 0.2) is 0 Å². The van der Waals surface area contributed by atoms with Crippen molar-refractivity contribution in [3.05, 3.63) is 81.6 Å². The Morgan fingerprint density at radius 1 is 1.15 bits per heavy atom. The van der Waals surface area contributed by atoms with Crippen molar-refractivity contribution >= 4 is 17.2 Å². The van der Waals surface area contributed by atoms with Crippen LogP contribution in [0.4, 0.5) is 4.39 Å². The molecule has 2 aromatic carbocycles. The van der Waals surface area contributed by atoms with Crippen molar-refractivity contribution in [3.63, 3.8) is 0 Å². The normalized spacial score (nSPS) is 10.5. The van der Waals surface area contributed by atoms with E-state index in [1.165, 1.54) is 12.1 Å². The lowest BCUT2D eigenvalue weighted by Crippen LogP contribution is -2.25. The second-order valence-electron chi connectivity index (χ2n) is 5.83. The lowest BCUT2D eigenvalue weighted by Gasteiger charge is -2.07. The number of nitrogens with zero attached hydrogens (tertiary/aromatic N) is 1. The van der Waals surface area contributed by atoms with Crippen LogP contribution in [0.5, 0.6) is 5.75 Å². The Hall–Kier alpha value is -2.73. The van der Waals surface area contributed by atoms with Gasteiger partial charge in [0, 0.05) is 23.2 Å².